The van der Waals surface area contributed by atoms with Crippen LogP contribution in [-0.4, -0.2) is 26.1 Å². The number of rotatable bonds is 3. The lowest BCUT2D eigenvalue weighted by Crippen LogP contribution is -2.42. The predicted molar refractivity (Wildman–Crippen MR) is 58.0 cm³/mol. The van der Waals surface area contributed by atoms with Crippen molar-refractivity contribution in [3.05, 3.63) is 0 Å². The van der Waals surface area contributed by atoms with Gasteiger partial charge in [0, 0.05) is 0 Å². The monoisotopic (exact) mass is 200 g/mol. The van der Waals surface area contributed by atoms with E-state index in [1.807, 2.05) is 0 Å². The Balaban J connectivity index is 4.14. The molecule has 1 atom stereocenters. The fourth-order valence-corrected chi connectivity index (χ4v) is 1.56. The van der Waals surface area contributed by atoms with Gasteiger partial charge < -0.3 is 9.53 Å². The van der Waals surface area contributed by atoms with Crippen LogP contribution in [0.25, 0.3) is 0 Å². The van der Waals surface area contributed by atoms with Crippen molar-refractivity contribution in [1.29, 1.82) is 0 Å². The summed E-state index contributed by atoms with van der Waals surface area (Å²) in [5.41, 5.74) is 0. The molecule has 0 saturated carbocycles. The quantitative estimate of drug-likeness (QED) is 0.558. The number of aliphatic hydroxyl groups is 1. The lowest BCUT2D eigenvalue weighted by Gasteiger charge is -2.36. The molecule has 0 radical (unpaired) electrons. The molecule has 0 amide bonds. The molecule has 3 heteroatoms. The third kappa shape index (κ3) is 3.95. The fraction of sp³-hybridized carbons (Fsp3) is 0.800. The van der Waals surface area contributed by atoms with E-state index in [0.717, 1.165) is 0 Å². The van der Waals surface area contributed by atoms with E-state index < -0.39 is 14.4 Å². The van der Waals surface area contributed by atoms with Gasteiger partial charge in [-0.2, -0.15) is 0 Å². The molecular formula is C10H20O2Si. The molecule has 0 aliphatic rings. The van der Waals surface area contributed by atoms with Gasteiger partial charge >= 0.3 is 0 Å². The Labute approximate surface area is 82.4 Å². The summed E-state index contributed by atoms with van der Waals surface area (Å²) in [5.74, 6) is 2.24. The number of hydrogen-bond donors (Lipinski definition) is 1. The lowest BCUT2D eigenvalue weighted by atomic mass is 10.2. The highest BCUT2D eigenvalue weighted by Gasteiger charge is 2.37. The van der Waals surface area contributed by atoms with Gasteiger partial charge in [0.1, 0.15) is 6.10 Å². The first-order chi connectivity index (χ1) is 5.70. The van der Waals surface area contributed by atoms with Crippen molar-refractivity contribution in [1.82, 2.24) is 0 Å². The molecule has 0 aromatic rings. The minimum atomic E-state index is -1.74. The Kier molecular flexibility index (Phi) is 4.17. The zero-order chi connectivity index (χ0) is 10.7. The van der Waals surface area contributed by atoms with Crippen LogP contribution >= 0.6 is 0 Å². The topological polar surface area (TPSA) is 29.5 Å². The Morgan fingerprint density at radius 2 is 1.92 bits per heavy atom. The molecule has 0 fully saturated rings. The van der Waals surface area contributed by atoms with Gasteiger partial charge in [-0.05, 0) is 18.1 Å². The molecule has 76 valence electrons. The van der Waals surface area contributed by atoms with Crippen molar-refractivity contribution in [2.75, 3.05) is 6.61 Å². The van der Waals surface area contributed by atoms with E-state index >= 15 is 0 Å². The predicted octanol–water partition coefficient (Wildman–Crippen LogP) is 2.00. The standard InChI is InChI=1S/C10H20O2Si/c1-7-9(11)8-12-13(5,6)10(2,3)4/h1,9,11H,8H2,2-6H3/t9-/m1/s1. The first-order valence-electron chi connectivity index (χ1n) is 4.49. The Morgan fingerprint density at radius 3 is 2.23 bits per heavy atom. The summed E-state index contributed by atoms with van der Waals surface area (Å²) in [5, 5.41) is 9.32. The normalized spacial score (nSPS) is 15.2. The molecule has 0 aliphatic carbocycles. The van der Waals surface area contributed by atoms with Gasteiger partial charge in [-0.3, -0.25) is 0 Å². The molecule has 0 bridgehead atoms. The highest BCUT2D eigenvalue weighted by Crippen LogP contribution is 2.36. The highest BCUT2D eigenvalue weighted by molar-refractivity contribution is 6.74. The molecule has 0 aromatic heterocycles. The molecular weight excluding hydrogens is 180 g/mol. The van der Waals surface area contributed by atoms with Gasteiger partial charge in [0.2, 0.25) is 0 Å². The Bertz CT molecular complexity index is 198. The van der Waals surface area contributed by atoms with Gasteiger partial charge in [0.05, 0.1) is 6.61 Å². The molecule has 0 spiro atoms. The lowest BCUT2D eigenvalue weighted by molar-refractivity contribution is 0.142. The smallest absolute Gasteiger partial charge is 0.192 e. The van der Waals surface area contributed by atoms with Crippen LogP contribution in [-0.2, 0) is 4.43 Å². The number of hydrogen-bond acceptors (Lipinski definition) is 2. The second-order valence-corrected chi connectivity index (χ2v) is 9.56. The van der Waals surface area contributed by atoms with Crippen LogP contribution in [0.4, 0.5) is 0 Å². The maximum atomic E-state index is 9.15. The average Bonchev–Trinajstić information content (AvgIpc) is 1.98. The molecule has 0 unspecified atom stereocenters. The third-order valence-corrected chi connectivity index (χ3v) is 7.10. The molecule has 0 saturated heterocycles. The minimum Gasteiger partial charge on any atom is -0.413 e. The number of aliphatic hydroxyl groups excluding tert-OH is 1. The summed E-state index contributed by atoms with van der Waals surface area (Å²) >= 11 is 0. The van der Waals surface area contributed by atoms with Gasteiger partial charge in [-0.15, -0.1) is 6.42 Å². The van der Waals surface area contributed by atoms with E-state index in [2.05, 4.69) is 39.8 Å². The Morgan fingerprint density at radius 1 is 1.46 bits per heavy atom. The molecule has 0 rings (SSSR count). The second-order valence-electron chi connectivity index (χ2n) is 4.75. The van der Waals surface area contributed by atoms with Crippen molar-refractivity contribution in [3.8, 4) is 12.3 Å². The van der Waals surface area contributed by atoms with Crippen LogP contribution in [0, 0.1) is 12.3 Å². The largest absolute Gasteiger partial charge is 0.413 e. The van der Waals surface area contributed by atoms with Gasteiger partial charge in [-0.1, -0.05) is 26.7 Å². The number of terminal acetylenes is 1. The van der Waals surface area contributed by atoms with E-state index in [1.165, 1.54) is 0 Å². The molecule has 0 aliphatic heterocycles. The molecule has 1 N–H and O–H groups in total. The summed E-state index contributed by atoms with van der Waals surface area (Å²) in [6.45, 7) is 11.0. The van der Waals surface area contributed by atoms with Gasteiger partial charge in [0.25, 0.3) is 0 Å². The summed E-state index contributed by atoms with van der Waals surface area (Å²) in [7, 11) is -1.74. The van der Waals surface area contributed by atoms with Gasteiger partial charge in [0.15, 0.2) is 8.32 Å². The molecule has 2 nitrogen and oxygen atoms in total. The maximum absolute atomic E-state index is 9.15. The zero-order valence-electron chi connectivity index (χ0n) is 9.22. The average molecular weight is 200 g/mol. The summed E-state index contributed by atoms with van der Waals surface area (Å²) in [4.78, 5) is 0. The van der Waals surface area contributed by atoms with Crippen molar-refractivity contribution in [3.63, 3.8) is 0 Å². The van der Waals surface area contributed by atoms with E-state index in [9.17, 15) is 0 Å². The first kappa shape index (κ1) is 12.7. The van der Waals surface area contributed by atoms with Crippen LogP contribution in [0.15, 0.2) is 0 Å². The maximum Gasteiger partial charge on any atom is 0.192 e. The zero-order valence-corrected chi connectivity index (χ0v) is 10.2. The molecule has 13 heavy (non-hydrogen) atoms. The SMILES string of the molecule is C#C[C@@H](O)CO[Si](C)(C)C(C)(C)C. The van der Waals surface area contributed by atoms with E-state index in [4.69, 9.17) is 16.0 Å². The van der Waals surface area contributed by atoms with Crippen molar-refractivity contribution < 1.29 is 9.53 Å². The van der Waals surface area contributed by atoms with Crippen LogP contribution in [0.5, 0.6) is 0 Å². The van der Waals surface area contributed by atoms with E-state index in [-0.39, 0.29) is 11.6 Å². The van der Waals surface area contributed by atoms with Crippen molar-refractivity contribution in [2.24, 2.45) is 0 Å². The van der Waals surface area contributed by atoms with E-state index in [0.29, 0.717) is 0 Å². The van der Waals surface area contributed by atoms with Crippen molar-refractivity contribution in [2.45, 2.75) is 45.0 Å². The molecule has 0 aromatic carbocycles. The van der Waals surface area contributed by atoms with Gasteiger partial charge in [-0.25, -0.2) is 0 Å². The Hall–Kier alpha value is -0.303. The van der Waals surface area contributed by atoms with Crippen molar-refractivity contribution >= 4 is 8.32 Å². The third-order valence-electron chi connectivity index (χ3n) is 2.60. The first-order valence-corrected chi connectivity index (χ1v) is 7.39. The second kappa shape index (κ2) is 4.27. The van der Waals surface area contributed by atoms with Crippen LogP contribution in [0.3, 0.4) is 0 Å². The summed E-state index contributed by atoms with van der Waals surface area (Å²) in [6.07, 6.45) is 4.28. The molecule has 0 heterocycles. The summed E-state index contributed by atoms with van der Waals surface area (Å²) < 4.78 is 5.69. The fourth-order valence-electron chi connectivity index (χ4n) is 0.552. The highest BCUT2D eigenvalue weighted by atomic mass is 28.4. The summed E-state index contributed by atoms with van der Waals surface area (Å²) in [6, 6.07) is 0. The van der Waals surface area contributed by atoms with E-state index in [1.54, 1.807) is 0 Å². The van der Waals surface area contributed by atoms with Crippen LogP contribution in [0.1, 0.15) is 20.8 Å². The minimum absolute atomic E-state index is 0.168. The van der Waals surface area contributed by atoms with Crippen LogP contribution in [0.2, 0.25) is 18.1 Å². The van der Waals surface area contributed by atoms with Crippen LogP contribution < -0.4 is 0 Å².